The third kappa shape index (κ3) is 5.52. The lowest BCUT2D eigenvalue weighted by molar-refractivity contribution is -0.137. The molecule has 1 atom stereocenters. The highest BCUT2D eigenvalue weighted by Gasteiger charge is 2.30. The van der Waals surface area contributed by atoms with Gasteiger partial charge in [0, 0.05) is 11.4 Å². The first kappa shape index (κ1) is 18.3. The smallest absolute Gasteiger partial charge is 0.326 e. The molecule has 0 saturated carbocycles. The summed E-state index contributed by atoms with van der Waals surface area (Å²) in [7, 11) is 0. The molecule has 5 nitrogen and oxygen atoms in total. The van der Waals surface area contributed by atoms with Crippen LogP contribution in [0, 0.1) is 0 Å². The van der Waals surface area contributed by atoms with Crippen LogP contribution < -0.4 is 16.0 Å². The molecule has 0 bridgehead atoms. The van der Waals surface area contributed by atoms with Gasteiger partial charge in [0.1, 0.15) is 6.04 Å². The maximum Gasteiger partial charge on any atom is 0.416 e. The van der Waals surface area contributed by atoms with Gasteiger partial charge in [0.15, 0.2) is 0 Å². The molecule has 1 unspecified atom stereocenters. The Morgan fingerprint density at radius 1 is 0.880 bits per heavy atom. The van der Waals surface area contributed by atoms with Crippen molar-refractivity contribution in [1.29, 1.82) is 0 Å². The number of halogens is 3. The molecule has 132 valence electrons. The summed E-state index contributed by atoms with van der Waals surface area (Å²) in [6.07, 6.45) is -4.44. The van der Waals surface area contributed by atoms with Gasteiger partial charge in [-0.25, -0.2) is 4.79 Å². The molecule has 0 aliphatic heterocycles. The Hall–Kier alpha value is -3.03. The van der Waals surface area contributed by atoms with E-state index in [4.69, 9.17) is 0 Å². The van der Waals surface area contributed by atoms with E-state index in [0.29, 0.717) is 5.69 Å². The van der Waals surface area contributed by atoms with Crippen molar-refractivity contribution >= 4 is 23.3 Å². The molecule has 0 heterocycles. The van der Waals surface area contributed by atoms with Crippen molar-refractivity contribution in [2.75, 3.05) is 10.6 Å². The molecular formula is C17H16F3N3O2. The standard InChI is InChI=1S/C17H16F3N3O2/c1-11(21-16(25)23-13-5-3-2-4-6-13)15(24)22-14-9-7-12(8-10-14)17(18,19)20/h2-11H,1H3,(H,22,24)(H2,21,23,25). The number of anilines is 2. The van der Waals surface area contributed by atoms with Crippen LogP contribution in [0.2, 0.25) is 0 Å². The van der Waals surface area contributed by atoms with E-state index in [1.54, 1.807) is 30.3 Å². The monoisotopic (exact) mass is 351 g/mol. The minimum Gasteiger partial charge on any atom is -0.326 e. The Kier molecular flexibility index (Phi) is 5.63. The van der Waals surface area contributed by atoms with Gasteiger partial charge in [-0.2, -0.15) is 13.2 Å². The van der Waals surface area contributed by atoms with Gasteiger partial charge in [-0.15, -0.1) is 0 Å². The molecule has 2 aromatic carbocycles. The number of urea groups is 1. The highest BCUT2D eigenvalue weighted by atomic mass is 19.4. The molecule has 25 heavy (non-hydrogen) atoms. The number of amides is 3. The number of benzene rings is 2. The second kappa shape index (κ2) is 7.69. The summed E-state index contributed by atoms with van der Waals surface area (Å²) in [5.41, 5.74) is -0.0376. The lowest BCUT2D eigenvalue weighted by Gasteiger charge is -2.15. The lowest BCUT2D eigenvalue weighted by Crippen LogP contribution is -2.43. The zero-order chi connectivity index (χ0) is 18.4. The fourth-order valence-corrected chi connectivity index (χ4v) is 1.94. The molecule has 2 aromatic rings. The predicted molar refractivity (Wildman–Crippen MR) is 88.1 cm³/mol. The van der Waals surface area contributed by atoms with Crippen LogP contribution in [0.1, 0.15) is 12.5 Å². The summed E-state index contributed by atoms with van der Waals surface area (Å²) in [6.45, 7) is 1.46. The van der Waals surface area contributed by atoms with Gasteiger partial charge < -0.3 is 16.0 Å². The molecule has 0 fully saturated rings. The molecule has 0 aromatic heterocycles. The Bertz CT molecular complexity index is 731. The van der Waals surface area contributed by atoms with Gasteiger partial charge in [-0.05, 0) is 43.3 Å². The van der Waals surface area contributed by atoms with Crippen LogP contribution in [0.25, 0.3) is 0 Å². The number of rotatable bonds is 4. The molecule has 0 radical (unpaired) electrons. The van der Waals surface area contributed by atoms with E-state index in [1.807, 2.05) is 0 Å². The first-order valence-electron chi connectivity index (χ1n) is 7.36. The number of para-hydroxylation sites is 1. The number of hydrogen-bond acceptors (Lipinski definition) is 2. The zero-order valence-corrected chi connectivity index (χ0v) is 13.2. The average Bonchev–Trinajstić information content (AvgIpc) is 2.55. The van der Waals surface area contributed by atoms with Crippen molar-refractivity contribution in [3.8, 4) is 0 Å². The van der Waals surface area contributed by atoms with Crippen LogP contribution in [0.4, 0.5) is 29.3 Å². The van der Waals surface area contributed by atoms with Crippen molar-refractivity contribution in [2.45, 2.75) is 19.1 Å². The van der Waals surface area contributed by atoms with Crippen LogP contribution >= 0.6 is 0 Å². The van der Waals surface area contributed by atoms with Crippen LogP contribution in [-0.2, 0) is 11.0 Å². The van der Waals surface area contributed by atoms with Crippen LogP contribution in [0.3, 0.4) is 0 Å². The summed E-state index contributed by atoms with van der Waals surface area (Å²) in [4.78, 5) is 23.8. The van der Waals surface area contributed by atoms with E-state index in [2.05, 4.69) is 16.0 Å². The van der Waals surface area contributed by atoms with Crippen molar-refractivity contribution in [3.63, 3.8) is 0 Å². The molecule has 0 aliphatic carbocycles. The predicted octanol–water partition coefficient (Wildman–Crippen LogP) is 3.85. The van der Waals surface area contributed by atoms with E-state index < -0.39 is 29.7 Å². The molecule has 8 heteroatoms. The summed E-state index contributed by atoms with van der Waals surface area (Å²) < 4.78 is 37.5. The summed E-state index contributed by atoms with van der Waals surface area (Å²) >= 11 is 0. The molecule has 3 N–H and O–H groups in total. The van der Waals surface area contributed by atoms with Crippen molar-refractivity contribution in [1.82, 2.24) is 5.32 Å². The molecule has 0 aliphatic rings. The average molecular weight is 351 g/mol. The van der Waals surface area contributed by atoms with Crippen LogP contribution in [0.5, 0.6) is 0 Å². The number of carbonyl (C=O) groups excluding carboxylic acids is 2. The minimum absolute atomic E-state index is 0.204. The molecular weight excluding hydrogens is 335 g/mol. The fraction of sp³-hybridized carbons (Fsp3) is 0.176. The molecule has 0 saturated heterocycles. The van der Waals surface area contributed by atoms with Gasteiger partial charge >= 0.3 is 12.2 Å². The lowest BCUT2D eigenvalue weighted by atomic mass is 10.2. The van der Waals surface area contributed by atoms with Gasteiger partial charge in [-0.3, -0.25) is 4.79 Å². The third-order valence-corrected chi connectivity index (χ3v) is 3.25. The van der Waals surface area contributed by atoms with E-state index in [1.165, 1.54) is 6.92 Å². The Balaban J connectivity index is 1.88. The molecule has 0 spiro atoms. The van der Waals surface area contributed by atoms with Crippen molar-refractivity contribution in [3.05, 3.63) is 60.2 Å². The zero-order valence-electron chi connectivity index (χ0n) is 13.2. The van der Waals surface area contributed by atoms with Gasteiger partial charge in [0.05, 0.1) is 5.56 Å². The number of hydrogen-bond donors (Lipinski definition) is 3. The highest BCUT2D eigenvalue weighted by Crippen LogP contribution is 2.29. The quantitative estimate of drug-likeness (QED) is 0.783. The SMILES string of the molecule is CC(NC(=O)Nc1ccccc1)C(=O)Nc1ccc(C(F)(F)F)cc1. The number of alkyl halides is 3. The Labute approximate surface area is 142 Å². The van der Waals surface area contributed by atoms with Crippen molar-refractivity contribution < 1.29 is 22.8 Å². The second-order valence-corrected chi connectivity index (χ2v) is 5.25. The Morgan fingerprint density at radius 2 is 1.44 bits per heavy atom. The molecule has 3 amide bonds. The summed E-state index contributed by atoms with van der Waals surface area (Å²) in [6, 6.07) is 11.3. The van der Waals surface area contributed by atoms with Gasteiger partial charge in [0.25, 0.3) is 0 Å². The van der Waals surface area contributed by atoms with E-state index in [0.717, 1.165) is 24.3 Å². The summed E-state index contributed by atoms with van der Waals surface area (Å²) in [5, 5.41) is 7.44. The minimum atomic E-state index is -4.44. The van der Waals surface area contributed by atoms with E-state index in [9.17, 15) is 22.8 Å². The highest BCUT2D eigenvalue weighted by molar-refractivity contribution is 5.98. The summed E-state index contributed by atoms with van der Waals surface area (Å²) in [5.74, 6) is -0.553. The fourth-order valence-electron chi connectivity index (χ4n) is 1.94. The topological polar surface area (TPSA) is 70.2 Å². The van der Waals surface area contributed by atoms with Crippen LogP contribution in [0.15, 0.2) is 54.6 Å². The largest absolute Gasteiger partial charge is 0.416 e. The first-order valence-corrected chi connectivity index (χ1v) is 7.36. The second-order valence-electron chi connectivity index (χ2n) is 5.25. The van der Waals surface area contributed by atoms with Crippen molar-refractivity contribution in [2.24, 2.45) is 0 Å². The normalized spacial score (nSPS) is 12.2. The first-order chi connectivity index (χ1) is 11.8. The Morgan fingerprint density at radius 3 is 2.00 bits per heavy atom. The van der Waals surface area contributed by atoms with E-state index in [-0.39, 0.29) is 5.69 Å². The number of carbonyl (C=O) groups is 2. The van der Waals surface area contributed by atoms with Gasteiger partial charge in [-0.1, -0.05) is 18.2 Å². The van der Waals surface area contributed by atoms with Crippen LogP contribution in [-0.4, -0.2) is 18.0 Å². The van der Waals surface area contributed by atoms with E-state index >= 15 is 0 Å². The maximum atomic E-state index is 12.5. The third-order valence-electron chi connectivity index (χ3n) is 3.25. The number of nitrogens with one attached hydrogen (secondary N) is 3. The maximum absolute atomic E-state index is 12.5. The molecule has 2 rings (SSSR count). The van der Waals surface area contributed by atoms with Gasteiger partial charge in [0.2, 0.25) is 5.91 Å².